The summed E-state index contributed by atoms with van der Waals surface area (Å²) >= 11 is 0. The van der Waals surface area contributed by atoms with Crippen LogP contribution in [0.25, 0.3) is 0 Å². The highest BCUT2D eigenvalue weighted by atomic mass is 16.2. The Morgan fingerprint density at radius 3 is 2.85 bits per heavy atom. The highest BCUT2D eigenvalue weighted by Gasteiger charge is 2.45. The van der Waals surface area contributed by atoms with Crippen molar-refractivity contribution in [1.29, 1.82) is 0 Å². The molecule has 134 valence electrons. The molecular weight excluding hydrogens is 326 g/mol. The summed E-state index contributed by atoms with van der Waals surface area (Å²) < 4.78 is 0. The number of hydrogen-bond donors (Lipinski definition) is 3. The standard InChI is InChI=1S/C20H23N5O/c26-19-17-15(13-5-9-21-10-6-13)7-11-22-18(17)23-20(24-19)25-12-8-14-3-1-2-4-16(14)25/h1-6,9-10,15,17-18,20,22-23H,7-8,11-12H2,(H,24,26). The van der Waals surface area contributed by atoms with Crippen molar-refractivity contribution in [3.8, 4) is 0 Å². The highest BCUT2D eigenvalue weighted by Crippen LogP contribution is 2.35. The number of rotatable bonds is 2. The van der Waals surface area contributed by atoms with Crippen LogP contribution < -0.4 is 20.9 Å². The van der Waals surface area contributed by atoms with Gasteiger partial charge in [0.25, 0.3) is 0 Å². The second kappa shape index (κ2) is 6.37. The number of carbonyl (C=O) groups excluding carboxylic acids is 1. The smallest absolute Gasteiger partial charge is 0.229 e. The molecule has 3 aliphatic heterocycles. The van der Waals surface area contributed by atoms with Crippen molar-refractivity contribution in [2.75, 3.05) is 18.0 Å². The highest BCUT2D eigenvalue weighted by molar-refractivity contribution is 5.82. The molecule has 4 heterocycles. The maximum absolute atomic E-state index is 13.1. The summed E-state index contributed by atoms with van der Waals surface area (Å²) in [6, 6.07) is 12.5. The van der Waals surface area contributed by atoms with Crippen molar-refractivity contribution in [2.24, 2.45) is 5.92 Å². The molecule has 6 nitrogen and oxygen atoms in total. The van der Waals surface area contributed by atoms with Crippen LogP contribution in [0.2, 0.25) is 0 Å². The predicted molar refractivity (Wildman–Crippen MR) is 99.4 cm³/mol. The Bertz CT molecular complexity index is 811. The van der Waals surface area contributed by atoms with Gasteiger partial charge in [-0.05, 0) is 54.6 Å². The molecule has 2 fully saturated rings. The van der Waals surface area contributed by atoms with E-state index in [1.807, 2.05) is 24.5 Å². The number of hydrogen-bond acceptors (Lipinski definition) is 5. The second-order valence-electron chi connectivity index (χ2n) is 7.28. The van der Waals surface area contributed by atoms with Crippen LogP contribution in [0.4, 0.5) is 5.69 Å². The Morgan fingerprint density at radius 1 is 1.12 bits per heavy atom. The molecule has 2 saturated heterocycles. The van der Waals surface area contributed by atoms with Gasteiger partial charge in [0.2, 0.25) is 5.91 Å². The third-order valence-corrected chi connectivity index (χ3v) is 5.90. The van der Waals surface area contributed by atoms with Crippen LogP contribution in [-0.2, 0) is 11.2 Å². The number of anilines is 1. The van der Waals surface area contributed by atoms with Gasteiger partial charge < -0.3 is 15.5 Å². The van der Waals surface area contributed by atoms with E-state index >= 15 is 0 Å². The fourth-order valence-corrected chi connectivity index (χ4v) is 4.66. The van der Waals surface area contributed by atoms with Crippen LogP contribution in [-0.4, -0.2) is 36.4 Å². The third-order valence-electron chi connectivity index (χ3n) is 5.90. The summed E-state index contributed by atoms with van der Waals surface area (Å²) in [5, 5.41) is 10.4. The number of piperidine rings is 1. The molecule has 6 heteroatoms. The molecule has 0 radical (unpaired) electrons. The minimum Gasteiger partial charge on any atom is -0.338 e. The maximum Gasteiger partial charge on any atom is 0.229 e. The SMILES string of the molecule is O=C1NC(N2CCc3ccccc32)NC2NCCC(c3ccncc3)C12. The van der Waals surface area contributed by atoms with Gasteiger partial charge in [-0.1, -0.05) is 18.2 Å². The maximum atomic E-state index is 13.1. The minimum absolute atomic E-state index is 0.0200. The topological polar surface area (TPSA) is 69.3 Å². The van der Waals surface area contributed by atoms with E-state index in [1.165, 1.54) is 16.8 Å². The Morgan fingerprint density at radius 2 is 1.96 bits per heavy atom. The van der Waals surface area contributed by atoms with Crippen molar-refractivity contribution < 1.29 is 4.79 Å². The first-order valence-electron chi connectivity index (χ1n) is 9.35. The van der Waals surface area contributed by atoms with Gasteiger partial charge in [-0.25, -0.2) is 0 Å². The molecule has 26 heavy (non-hydrogen) atoms. The van der Waals surface area contributed by atoms with Gasteiger partial charge in [0.1, 0.15) is 0 Å². The van der Waals surface area contributed by atoms with E-state index in [-0.39, 0.29) is 30.2 Å². The van der Waals surface area contributed by atoms with Gasteiger partial charge >= 0.3 is 0 Å². The molecule has 0 saturated carbocycles. The summed E-state index contributed by atoms with van der Waals surface area (Å²) in [4.78, 5) is 19.4. The Kier molecular flexibility index (Phi) is 3.87. The number of fused-ring (bicyclic) bond motifs is 2. The van der Waals surface area contributed by atoms with Gasteiger partial charge in [-0.3, -0.25) is 15.1 Å². The van der Waals surface area contributed by atoms with Crippen molar-refractivity contribution >= 4 is 11.6 Å². The molecule has 0 spiro atoms. The van der Waals surface area contributed by atoms with Crippen molar-refractivity contribution in [3.63, 3.8) is 0 Å². The summed E-state index contributed by atoms with van der Waals surface area (Å²) in [5.41, 5.74) is 3.75. The summed E-state index contributed by atoms with van der Waals surface area (Å²) in [7, 11) is 0. The number of benzene rings is 1. The van der Waals surface area contributed by atoms with Gasteiger partial charge in [-0.2, -0.15) is 0 Å². The first-order chi connectivity index (χ1) is 12.8. The Hall–Kier alpha value is -2.44. The number of carbonyl (C=O) groups is 1. The van der Waals surface area contributed by atoms with Crippen LogP contribution in [0, 0.1) is 5.92 Å². The molecule has 3 N–H and O–H groups in total. The van der Waals surface area contributed by atoms with E-state index in [0.29, 0.717) is 0 Å². The fraction of sp³-hybridized carbons (Fsp3) is 0.400. The van der Waals surface area contributed by atoms with Gasteiger partial charge in [0.15, 0.2) is 6.29 Å². The fourth-order valence-electron chi connectivity index (χ4n) is 4.66. The van der Waals surface area contributed by atoms with Crippen molar-refractivity contribution in [1.82, 2.24) is 20.9 Å². The second-order valence-corrected chi connectivity index (χ2v) is 7.28. The van der Waals surface area contributed by atoms with Crippen LogP contribution >= 0.6 is 0 Å². The number of para-hydroxylation sites is 1. The molecule has 1 aromatic carbocycles. The molecule has 0 aliphatic carbocycles. The van der Waals surface area contributed by atoms with Gasteiger partial charge in [-0.15, -0.1) is 0 Å². The van der Waals surface area contributed by atoms with Crippen molar-refractivity contribution in [2.45, 2.75) is 31.2 Å². The lowest BCUT2D eigenvalue weighted by Gasteiger charge is -2.47. The zero-order valence-corrected chi connectivity index (χ0v) is 14.6. The van der Waals surface area contributed by atoms with E-state index in [2.05, 4.69) is 50.1 Å². The van der Waals surface area contributed by atoms with Crippen LogP contribution in [0.3, 0.4) is 0 Å². The zero-order valence-electron chi connectivity index (χ0n) is 14.6. The number of amides is 1. The predicted octanol–water partition coefficient (Wildman–Crippen LogP) is 1.17. The molecule has 4 atom stereocenters. The summed E-state index contributed by atoms with van der Waals surface area (Å²) in [5.74, 6) is 0.223. The van der Waals surface area contributed by atoms with E-state index in [9.17, 15) is 4.79 Å². The molecule has 1 aromatic heterocycles. The van der Waals surface area contributed by atoms with E-state index < -0.39 is 0 Å². The van der Waals surface area contributed by atoms with E-state index in [4.69, 9.17) is 0 Å². The molecule has 0 bridgehead atoms. The normalized spacial score (nSPS) is 30.5. The lowest BCUT2D eigenvalue weighted by molar-refractivity contribution is -0.132. The van der Waals surface area contributed by atoms with Crippen LogP contribution in [0.1, 0.15) is 23.5 Å². The lowest BCUT2D eigenvalue weighted by atomic mass is 9.78. The number of aromatic nitrogens is 1. The first kappa shape index (κ1) is 15.8. The van der Waals surface area contributed by atoms with Gasteiger partial charge in [0, 0.05) is 24.6 Å². The molecule has 2 aromatic rings. The Balaban J connectivity index is 1.39. The lowest BCUT2D eigenvalue weighted by Crippen LogP contribution is -2.72. The Labute approximate surface area is 153 Å². The van der Waals surface area contributed by atoms with Crippen LogP contribution in [0.5, 0.6) is 0 Å². The molecular formula is C20H23N5O. The van der Waals surface area contributed by atoms with E-state index in [0.717, 1.165) is 25.9 Å². The largest absolute Gasteiger partial charge is 0.338 e. The summed E-state index contributed by atoms with van der Waals surface area (Å²) in [6.45, 7) is 1.82. The third kappa shape index (κ3) is 2.57. The summed E-state index contributed by atoms with van der Waals surface area (Å²) in [6.07, 6.45) is 5.40. The van der Waals surface area contributed by atoms with Crippen LogP contribution in [0.15, 0.2) is 48.8 Å². The van der Waals surface area contributed by atoms with E-state index in [1.54, 1.807) is 0 Å². The number of nitrogens with one attached hydrogen (secondary N) is 3. The van der Waals surface area contributed by atoms with Crippen molar-refractivity contribution in [3.05, 3.63) is 59.9 Å². The average molecular weight is 349 g/mol. The minimum atomic E-state index is -0.170. The number of nitrogens with zero attached hydrogens (tertiary/aromatic N) is 2. The van der Waals surface area contributed by atoms with Gasteiger partial charge in [0.05, 0.1) is 12.1 Å². The zero-order chi connectivity index (χ0) is 17.5. The average Bonchev–Trinajstić information content (AvgIpc) is 3.12. The molecule has 1 amide bonds. The number of pyridine rings is 1. The molecule has 5 rings (SSSR count). The molecule has 3 aliphatic rings. The quantitative estimate of drug-likeness (QED) is 0.759. The first-order valence-corrected chi connectivity index (χ1v) is 9.35. The monoisotopic (exact) mass is 349 g/mol. The molecule has 4 unspecified atom stereocenters.